The first-order valence-corrected chi connectivity index (χ1v) is 6.89. The molecule has 3 nitrogen and oxygen atoms in total. The Kier molecular flexibility index (Phi) is 4.99. The summed E-state index contributed by atoms with van der Waals surface area (Å²) in [6, 6.07) is 1.37. The molecule has 0 aromatic carbocycles. The van der Waals surface area contributed by atoms with Crippen molar-refractivity contribution < 1.29 is 0 Å². The van der Waals surface area contributed by atoms with Gasteiger partial charge in [-0.25, -0.2) is 0 Å². The predicted octanol–water partition coefficient (Wildman–Crippen LogP) is 1.77. The zero-order chi connectivity index (χ0) is 13.2. The van der Waals surface area contributed by atoms with E-state index in [1.807, 2.05) is 0 Å². The Labute approximate surface area is 107 Å². The summed E-state index contributed by atoms with van der Waals surface area (Å²) in [4.78, 5) is 4.95. The number of likely N-dealkylation sites (tertiary alicyclic amines) is 1. The van der Waals surface area contributed by atoms with E-state index in [0.29, 0.717) is 12.1 Å². The Morgan fingerprint density at radius 1 is 1.41 bits per heavy atom. The van der Waals surface area contributed by atoms with Gasteiger partial charge in [-0.15, -0.1) is 0 Å². The fourth-order valence-corrected chi connectivity index (χ4v) is 3.51. The van der Waals surface area contributed by atoms with E-state index in [0.717, 1.165) is 6.54 Å². The Morgan fingerprint density at radius 3 is 2.35 bits per heavy atom. The third kappa shape index (κ3) is 3.94. The Balaban J connectivity index is 2.62. The van der Waals surface area contributed by atoms with E-state index >= 15 is 0 Å². The summed E-state index contributed by atoms with van der Waals surface area (Å²) in [6.07, 6.45) is 2.67. The SMILES string of the molecule is CC(N)C(N(C)CC1CCCN1C)C(C)(C)C. The van der Waals surface area contributed by atoms with Crippen molar-refractivity contribution in [2.75, 3.05) is 27.2 Å². The summed E-state index contributed by atoms with van der Waals surface area (Å²) in [5.41, 5.74) is 6.41. The normalized spacial score (nSPS) is 26.5. The largest absolute Gasteiger partial charge is 0.327 e. The predicted molar refractivity (Wildman–Crippen MR) is 75.2 cm³/mol. The lowest BCUT2D eigenvalue weighted by Gasteiger charge is -2.42. The molecule has 0 aliphatic carbocycles. The summed E-state index contributed by atoms with van der Waals surface area (Å²) in [6.45, 7) is 11.4. The third-order valence-electron chi connectivity index (χ3n) is 4.03. The van der Waals surface area contributed by atoms with Crippen LogP contribution < -0.4 is 5.73 Å². The van der Waals surface area contributed by atoms with Gasteiger partial charge in [-0.1, -0.05) is 20.8 Å². The van der Waals surface area contributed by atoms with Gasteiger partial charge in [0.25, 0.3) is 0 Å². The van der Waals surface area contributed by atoms with Crippen LogP contribution in [0, 0.1) is 5.41 Å². The highest BCUT2D eigenvalue weighted by Gasteiger charge is 2.33. The van der Waals surface area contributed by atoms with E-state index in [1.54, 1.807) is 0 Å². The van der Waals surface area contributed by atoms with Crippen molar-refractivity contribution in [3.63, 3.8) is 0 Å². The standard InChI is InChI=1S/C14H31N3/c1-11(15)13(14(2,3)4)17(6)10-12-8-7-9-16(12)5/h11-13H,7-10,15H2,1-6H3. The molecule has 1 saturated heterocycles. The number of nitrogens with two attached hydrogens (primary N) is 1. The molecule has 17 heavy (non-hydrogen) atoms. The topological polar surface area (TPSA) is 32.5 Å². The van der Waals surface area contributed by atoms with E-state index in [-0.39, 0.29) is 11.5 Å². The molecule has 2 N–H and O–H groups in total. The van der Waals surface area contributed by atoms with Crippen LogP contribution in [0.25, 0.3) is 0 Å². The molecule has 1 fully saturated rings. The zero-order valence-electron chi connectivity index (χ0n) is 12.5. The highest BCUT2D eigenvalue weighted by atomic mass is 15.2. The molecule has 3 unspecified atom stereocenters. The molecule has 0 bridgehead atoms. The lowest BCUT2D eigenvalue weighted by atomic mass is 9.82. The van der Waals surface area contributed by atoms with Crippen LogP contribution in [0.5, 0.6) is 0 Å². The van der Waals surface area contributed by atoms with Gasteiger partial charge in [-0.05, 0) is 45.8 Å². The van der Waals surface area contributed by atoms with E-state index < -0.39 is 0 Å². The molecule has 0 saturated carbocycles. The molecular formula is C14H31N3. The first-order chi connectivity index (χ1) is 7.73. The van der Waals surface area contributed by atoms with Crippen molar-refractivity contribution in [1.29, 1.82) is 0 Å². The van der Waals surface area contributed by atoms with Crippen molar-refractivity contribution in [2.45, 2.75) is 58.7 Å². The Bertz CT molecular complexity index is 232. The molecule has 1 heterocycles. The summed E-state index contributed by atoms with van der Waals surface area (Å²) < 4.78 is 0. The summed E-state index contributed by atoms with van der Waals surface area (Å²) >= 11 is 0. The first kappa shape index (κ1) is 14.9. The molecule has 0 radical (unpaired) electrons. The second kappa shape index (κ2) is 5.68. The second-order valence-electron chi connectivity index (χ2n) is 6.89. The second-order valence-corrected chi connectivity index (χ2v) is 6.89. The van der Waals surface area contributed by atoms with E-state index in [9.17, 15) is 0 Å². The smallest absolute Gasteiger partial charge is 0.0290 e. The summed E-state index contributed by atoms with van der Waals surface area (Å²) in [5, 5.41) is 0. The van der Waals surface area contributed by atoms with Crippen molar-refractivity contribution in [2.24, 2.45) is 11.1 Å². The molecular weight excluding hydrogens is 210 g/mol. The molecule has 0 aromatic rings. The van der Waals surface area contributed by atoms with Gasteiger partial charge in [0.15, 0.2) is 0 Å². The molecule has 0 spiro atoms. The number of likely N-dealkylation sites (N-methyl/N-ethyl adjacent to an activating group) is 2. The van der Waals surface area contributed by atoms with Crippen molar-refractivity contribution in [3.8, 4) is 0 Å². The fourth-order valence-electron chi connectivity index (χ4n) is 3.51. The zero-order valence-corrected chi connectivity index (χ0v) is 12.5. The van der Waals surface area contributed by atoms with Gasteiger partial charge < -0.3 is 10.6 Å². The van der Waals surface area contributed by atoms with Crippen molar-refractivity contribution in [1.82, 2.24) is 9.80 Å². The molecule has 1 aliphatic heterocycles. The van der Waals surface area contributed by atoms with Gasteiger partial charge in [0, 0.05) is 24.7 Å². The maximum absolute atomic E-state index is 6.18. The minimum Gasteiger partial charge on any atom is -0.327 e. The maximum Gasteiger partial charge on any atom is 0.0290 e. The van der Waals surface area contributed by atoms with Crippen molar-refractivity contribution >= 4 is 0 Å². The Hall–Kier alpha value is -0.120. The Morgan fingerprint density at radius 2 is 2.00 bits per heavy atom. The van der Waals surface area contributed by atoms with Gasteiger partial charge in [-0.2, -0.15) is 0 Å². The number of nitrogens with zero attached hydrogens (tertiary/aromatic N) is 2. The monoisotopic (exact) mass is 241 g/mol. The minimum absolute atomic E-state index is 0.215. The van der Waals surface area contributed by atoms with Crippen LogP contribution in [-0.2, 0) is 0 Å². The molecule has 0 amide bonds. The lowest BCUT2D eigenvalue weighted by Crippen LogP contribution is -2.54. The van der Waals surface area contributed by atoms with Crippen LogP contribution in [0.3, 0.4) is 0 Å². The molecule has 0 aromatic heterocycles. The van der Waals surface area contributed by atoms with Gasteiger partial charge in [-0.3, -0.25) is 4.90 Å². The fraction of sp³-hybridized carbons (Fsp3) is 1.00. The summed E-state index contributed by atoms with van der Waals surface area (Å²) in [5.74, 6) is 0. The number of hydrogen-bond acceptors (Lipinski definition) is 3. The van der Waals surface area contributed by atoms with E-state index in [1.165, 1.54) is 19.4 Å². The van der Waals surface area contributed by atoms with Crippen molar-refractivity contribution in [3.05, 3.63) is 0 Å². The van der Waals surface area contributed by atoms with Crippen LogP contribution in [-0.4, -0.2) is 55.1 Å². The van der Waals surface area contributed by atoms with Crippen LogP contribution in [0.1, 0.15) is 40.5 Å². The highest BCUT2D eigenvalue weighted by Crippen LogP contribution is 2.27. The third-order valence-corrected chi connectivity index (χ3v) is 4.03. The molecule has 1 aliphatic rings. The molecule has 102 valence electrons. The highest BCUT2D eigenvalue weighted by molar-refractivity contribution is 4.90. The van der Waals surface area contributed by atoms with Gasteiger partial charge >= 0.3 is 0 Å². The van der Waals surface area contributed by atoms with E-state index in [4.69, 9.17) is 5.73 Å². The quantitative estimate of drug-likeness (QED) is 0.814. The van der Waals surface area contributed by atoms with Crippen LogP contribution >= 0.6 is 0 Å². The van der Waals surface area contributed by atoms with Crippen LogP contribution in [0.4, 0.5) is 0 Å². The minimum atomic E-state index is 0.215. The molecule has 1 rings (SSSR count). The molecule has 3 heteroatoms. The van der Waals surface area contributed by atoms with Crippen LogP contribution in [0.2, 0.25) is 0 Å². The maximum atomic E-state index is 6.18. The average Bonchev–Trinajstić information content (AvgIpc) is 2.48. The lowest BCUT2D eigenvalue weighted by molar-refractivity contribution is 0.0846. The summed E-state index contributed by atoms with van der Waals surface area (Å²) in [7, 11) is 4.47. The van der Waals surface area contributed by atoms with E-state index in [2.05, 4.69) is 51.6 Å². The average molecular weight is 241 g/mol. The van der Waals surface area contributed by atoms with Gasteiger partial charge in [0.1, 0.15) is 0 Å². The van der Waals surface area contributed by atoms with Gasteiger partial charge in [0.05, 0.1) is 0 Å². The first-order valence-electron chi connectivity index (χ1n) is 6.89. The number of hydrogen-bond donors (Lipinski definition) is 1. The van der Waals surface area contributed by atoms with Gasteiger partial charge in [0.2, 0.25) is 0 Å². The number of rotatable bonds is 4. The molecule has 3 atom stereocenters. The van der Waals surface area contributed by atoms with Crippen LogP contribution in [0.15, 0.2) is 0 Å².